The Morgan fingerprint density at radius 3 is 2.31 bits per heavy atom. The van der Waals surface area contributed by atoms with Crippen LogP contribution in [0.5, 0.6) is 0 Å². The molecule has 1 heterocycles. The molecule has 0 amide bonds. The lowest BCUT2D eigenvalue weighted by molar-refractivity contribution is 0.300. The maximum absolute atomic E-state index is 11.4. The van der Waals surface area contributed by atoms with Crippen molar-refractivity contribution in [1.29, 1.82) is 0 Å². The van der Waals surface area contributed by atoms with E-state index in [0.29, 0.717) is 29.4 Å². The first-order chi connectivity index (χ1) is 7.52. The first kappa shape index (κ1) is 14.0. The maximum atomic E-state index is 11.4. The van der Waals surface area contributed by atoms with Crippen LogP contribution in [0.3, 0.4) is 0 Å². The van der Waals surface area contributed by atoms with E-state index in [0.717, 1.165) is 12.8 Å². The molecule has 3 nitrogen and oxygen atoms in total. The topological polar surface area (TPSA) is 46.2 Å². The predicted octanol–water partition coefficient (Wildman–Crippen LogP) is 1.84. The molecule has 2 atom stereocenters. The summed E-state index contributed by atoms with van der Waals surface area (Å²) in [7, 11) is -0.724. The van der Waals surface area contributed by atoms with E-state index >= 15 is 0 Å². The van der Waals surface area contributed by atoms with Crippen molar-refractivity contribution >= 4 is 9.84 Å². The Bertz CT molecular complexity index is 296. The van der Waals surface area contributed by atoms with Crippen LogP contribution in [-0.2, 0) is 9.84 Å². The average molecular weight is 247 g/mol. The summed E-state index contributed by atoms with van der Waals surface area (Å²) in [6.45, 7) is 4.42. The van der Waals surface area contributed by atoms with Crippen LogP contribution < -0.4 is 5.32 Å². The first-order valence-corrected chi connectivity index (χ1v) is 8.22. The molecule has 1 saturated heterocycles. The number of hydrogen-bond donors (Lipinski definition) is 1. The Labute approximate surface area is 99.9 Å². The molecule has 1 aliphatic rings. The summed E-state index contributed by atoms with van der Waals surface area (Å²) in [5.74, 6) is 1.86. The molecule has 0 aromatic heterocycles. The molecule has 4 heteroatoms. The number of hydrogen-bond acceptors (Lipinski definition) is 3. The van der Waals surface area contributed by atoms with Crippen molar-refractivity contribution in [3.63, 3.8) is 0 Å². The van der Waals surface area contributed by atoms with Gasteiger partial charge in [0.15, 0.2) is 9.84 Å². The highest BCUT2D eigenvalue weighted by molar-refractivity contribution is 7.91. The van der Waals surface area contributed by atoms with Gasteiger partial charge in [0.25, 0.3) is 0 Å². The molecule has 0 saturated carbocycles. The summed E-state index contributed by atoms with van der Waals surface area (Å²) in [5, 5.41) is 3.36. The summed E-state index contributed by atoms with van der Waals surface area (Å²) in [6, 6.07) is 0.480. The lowest BCUT2D eigenvalue weighted by Gasteiger charge is -2.27. The molecule has 1 N–H and O–H groups in total. The molecule has 0 aromatic carbocycles. The third-order valence-electron chi connectivity index (χ3n) is 3.90. The van der Waals surface area contributed by atoms with Crippen LogP contribution in [0.15, 0.2) is 0 Å². The third-order valence-corrected chi connectivity index (χ3v) is 5.74. The Morgan fingerprint density at radius 2 is 1.94 bits per heavy atom. The van der Waals surface area contributed by atoms with E-state index < -0.39 is 9.84 Å². The van der Waals surface area contributed by atoms with Crippen molar-refractivity contribution < 1.29 is 8.42 Å². The van der Waals surface area contributed by atoms with Gasteiger partial charge in [-0.2, -0.15) is 0 Å². The molecule has 16 heavy (non-hydrogen) atoms. The summed E-state index contributed by atoms with van der Waals surface area (Å²) in [5.41, 5.74) is 0. The lowest BCUT2D eigenvalue weighted by Crippen LogP contribution is -2.35. The molecule has 1 fully saturated rings. The molecular formula is C12H25NO2S. The van der Waals surface area contributed by atoms with Gasteiger partial charge in [0.2, 0.25) is 0 Å². The van der Waals surface area contributed by atoms with Crippen LogP contribution in [0.25, 0.3) is 0 Å². The quantitative estimate of drug-likeness (QED) is 0.779. The van der Waals surface area contributed by atoms with Crippen LogP contribution in [0.1, 0.15) is 39.5 Å². The number of nitrogens with one attached hydrogen (secondary N) is 1. The van der Waals surface area contributed by atoms with Gasteiger partial charge in [0.1, 0.15) is 0 Å². The summed E-state index contributed by atoms with van der Waals surface area (Å²) >= 11 is 0. The van der Waals surface area contributed by atoms with Crippen LogP contribution in [0.4, 0.5) is 0 Å². The molecular weight excluding hydrogens is 222 g/mol. The first-order valence-electron chi connectivity index (χ1n) is 6.40. The predicted molar refractivity (Wildman–Crippen MR) is 68.3 cm³/mol. The average Bonchev–Trinajstić information content (AvgIpc) is 2.58. The molecule has 1 aliphatic heterocycles. The molecule has 96 valence electrons. The second-order valence-electron chi connectivity index (χ2n) is 4.98. The Kier molecular flexibility index (Phi) is 5.25. The fourth-order valence-corrected chi connectivity index (χ4v) is 4.70. The number of sulfone groups is 1. The largest absolute Gasteiger partial charge is 0.317 e. The van der Waals surface area contributed by atoms with Crippen LogP contribution in [0, 0.1) is 11.8 Å². The van der Waals surface area contributed by atoms with E-state index in [2.05, 4.69) is 19.2 Å². The molecule has 2 unspecified atom stereocenters. The van der Waals surface area contributed by atoms with Crippen molar-refractivity contribution in [3.8, 4) is 0 Å². The van der Waals surface area contributed by atoms with Gasteiger partial charge >= 0.3 is 0 Å². The fourth-order valence-electron chi connectivity index (χ4n) is 2.82. The molecule has 0 spiro atoms. The molecule has 0 bridgehead atoms. The Balaban J connectivity index is 2.51. The minimum Gasteiger partial charge on any atom is -0.317 e. The number of rotatable bonds is 6. The Morgan fingerprint density at radius 1 is 1.31 bits per heavy atom. The maximum Gasteiger partial charge on any atom is 0.150 e. The fraction of sp³-hybridized carbons (Fsp3) is 1.00. The monoisotopic (exact) mass is 247 g/mol. The summed E-state index contributed by atoms with van der Waals surface area (Å²) in [4.78, 5) is 0. The molecule has 0 radical (unpaired) electrons. The lowest BCUT2D eigenvalue weighted by atomic mass is 9.87. The minimum absolute atomic E-state index is 0.378. The third kappa shape index (κ3) is 3.74. The van der Waals surface area contributed by atoms with Gasteiger partial charge in [0, 0.05) is 6.04 Å². The molecule has 0 aromatic rings. The van der Waals surface area contributed by atoms with Gasteiger partial charge in [-0.25, -0.2) is 8.42 Å². The highest BCUT2D eigenvalue weighted by Crippen LogP contribution is 2.26. The van der Waals surface area contributed by atoms with Crippen molar-refractivity contribution in [2.45, 2.75) is 45.6 Å². The van der Waals surface area contributed by atoms with Crippen molar-refractivity contribution in [3.05, 3.63) is 0 Å². The highest BCUT2D eigenvalue weighted by atomic mass is 32.2. The highest BCUT2D eigenvalue weighted by Gasteiger charge is 2.30. The van der Waals surface area contributed by atoms with E-state index in [1.165, 1.54) is 12.8 Å². The van der Waals surface area contributed by atoms with Crippen molar-refractivity contribution in [2.24, 2.45) is 11.8 Å². The Hall–Kier alpha value is -0.0900. The van der Waals surface area contributed by atoms with Gasteiger partial charge in [-0.1, -0.05) is 26.7 Å². The zero-order valence-corrected chi connectivity index (χ0v) is 11.5. The van der Waals surface area contributed by atoms with Gasteiger partial charge in [-0.05, 0) is 31.7 Å². The summed E-state index contributed by atoms with van der Waals surface area (Å²) < 4.78 is 22.8. The van der Waals surface area contributed by atoms with Crippen LogP contribution in [0.2, 0.25) is 0 Å². The van der Waals surface area contributed by atoms with E-state index in [1.807, 2.05) is 7.05 Å². The standard InChI is InChI=1S/C12H25NO2S/c1-4-11(5-2)12(13-3)8-10-6-7-16(14,15)9-10/h10-13H,4-9H2,1-3H3. The second-order valence-corrected chi connectivity index (χ2v) is 7.21. The van der Waals surface area contributed by atoms with E-state index in [-0.39, 0.29) is 0 Å². The summed E-state index contributed by atoms with van der Waals surface area (Å²) in [6.07, 6.45) is 4.21. The normalized spacial score (nSPS) is 26.1. The zero-order valence-electron chi connectivity index (χ0n) is 10.7. The van der Waals surface area contributed by atoms with Gasteiger partial charge in [0.05, 0.1) is 11.5 Å². The van der Waals surface area contributed by atoms with Crippen molar-refractivity contribution in [1.82, 2.24) is 5.32 Å². The SMILES string of the molecule is CCC(CC)C(CC1CCS(=O)(=O)C1)NC. The smallest absolute Gasteiger partial charge is 0.150 e. The van der Waals surface area contributed by atoms with Gasteiger partial charge < -0.3 is 5.32 Å². The van der Waals surface area contributed by atoms with Crippen LogP contribution in [-0.4, -0.2) is 33.0 Å². The minimum atomic E-state index is -2.72. The van der Waals surface area contributed by atoms with Crippen molar-refractivity contribution in [2.75, 3.05) is 18.6 Å². The second kappa shape index (κ2) is 6.01. The molecule has 0 aliphatic carbocycles. The van der Waals surface area contributed by atoms with E-state index in [1.54, 1.807) is 0 Å². The van der Waals surface area contributed by atoms with Gasteiger partial charge in [-0.3, -0.25) is 0 Å². The van der Waals surface area contributed by atoms with E-state index in [4.69, 9.17) is 0 Å². The molecule has 1 rings (SSSR count). The van der Waals surface area contributed by atoms with Crippen LogP contribution >= 0.6 is 0 Å². The van der Waals surface area contributed by atoms with Gasteiger partial charge in [-0.15, -0.1) is 0 Å². The zero-order chi connectivity index (χ0) is 12.2. The van der Waals surface area contributed by atoms with E-state index in [9.17, 15) is 8.42 Å².